The number of nitrogens with one attached hydrogen (secondary N) is 1. The lowest BCUT2D eigenvalue weighted by molar-refractivity contribution is -0.116. The number of carbonyl (C=O) groups is 1. The summed E-state index contributed by atoms with van der Waals surface area (Å²) in [6, 6.07) is 1.64. The van der Waals surface area contributed by atoms with Crippen LogP contribution in [-0.4, -0.2) is 22.4 Å². The van der Waals surface area contributed by atoms with Crippen molar-refractivity contribution in [3.63, 3.8) is 0 Å². The zero-order valence-electron chi connectivity index (χ0n) is 10.7. The molecule has 0 aromatic carbocycles. The number of amides is 1. The summed E-state index contributed by atoms with van der Waals surface area (Å²) in [5.74, 6) is 0.611. The van der Waals surface area contributed by atoms with Crippen LogP contribution in [0.15, 0.2) is 6.07 Å². The fourth-order valence-corrected chi connectivity index (χ4v) is 1.82. The third kappa shape index (κ3) is 5.42. The van der Waals surface area contributed by atoms with E-state index in [1.54, 1.807) is 13.0 Å². The molecule has 0 saturated carbocycles. The zero-order valence-corrected chi connectivity index (χ0v) is 11.5. The van der Waals surface area contributed by atoms with Gasteiger partial charge in [-0.15, -0.1) is 0 Å². The Labute approximate surface area is 112 Å². The number of nitrogens with two attached hydrogens (primary N) is 1. The topological polar surface area (TPSA) is 80.9 Å². The van der Waals surface area contributed by atoms with Gasteiger partial charge in [0.1, 0.15) is 5.15 Å². The Bertz CT molecular complexity index is 391. The molecule has 1 aromatic heterocycles. The molecule has 1 amide bonds. The number of aryl methyl sites for hydroxylation is 1. The van der Waals surface area contributed by atoms with E-state index < -0.39 is 0 Å². The van der Waals surface area contributed by atoms with Crippen LogP contribution in [0.4, 0.5) is 5.95 Å². The molecule has 18 heavy (non-hydrogen) atoms. The number of carbonyl (C=O) groups excluding carboxylic acids is 1. The van der Waals surface area contributed by atoms with E-state index >= 15 is 0 Å². The van der Waals surface area contributed by atoms with Crippen LogP contribution in [-0.2, 0) is 4.79 Å². The van der Waals surface area contributed by atoms with Crippen LogP contribution >= 0.6 is 11.6 Å². The van der Waals surface area contributed by atoms with Crippen molar-refractivity contribution in [3.8, 4) is 0 Å². The second-order valence-electron chi connectivity index (χ2n) is 4.43. The molecule has 1 aromatic rings. The number of anilines is 1. The monoisotopic (exact) mass is 270 g/mol. The second-order valence-corrected chi connectivity index (χ2v) is 4.81. The lowest BCUT2D eigenvalue weighted by Crippen LogP contribution is -2.16. The van der Waals surface area contributed by atoms with Crippen molar-refractivity contribution < 1.29 is 4.79 Å². The maximum Gasteiger partial charge on any atom is 0.231 e. The van der Waals surface area contributed by atoms with Gasteiger partial charge >= 0.3 is 0 Å². The minimum absolute atomic E-state index is 0.0967. The molecule has 1 atom stereocenters. The molecule has 1 heterocycles. The Balaban J connectivity index is 2.44. The summed E-state index contributed by atoms with van der Waals surface area (Å²) in [5.41, 5.74) is 6.18. The first kappa shape index (κ1) is 14.9. The van der Waals surface area contributed by atoms with Gasteiger partial charge in [0, 0.05) is 12.1 Å². The van der Waals surface area contributed by atoms with E-state index in [4.69, 9.17) is 17.3 Å². The van der Waals surface area contributed by atoms with Gasteiger partial charge < -0.3 is 5.73 Å². The summed E-state index contributed by atoms with van der Waals surface area (Å²) in [6.07, 6.45) is 2.18. The van der Waals surface area contributed by atoms with Crippen molar-refractivity contribution in [2.45, 2.75) is 33.1 Å². The van der Waals surface area contributed by atoms with E-state index in [1.807, 2.05) is 0 Å². The first-order valence-corrected chi connectivity index (χ1v) is 6.40. The highest BCUT2D eigenvalue weighted by atomic mass is 35.5. The van der Waals surface area contributed by atoms with E-state index in [9.17, 15) is 4.79 Å². The van der Waals surface area contributed by atoms with Gasteiger partial charge in [-0.3, -0.25) is 10.1 Å². The Kier molecular flexibility index (Phi) is 6.01. The standard InChI is InChI=1S/C12H19ClN4O/c1-8(5-6-14)3-4-11(18)17-12-15-9(2)7-10(13)16-12/h7-8H,3-6,14H2,1-2H3,(H,15,16,17,18). The molecule has 100 valence electrons. The predicted molar refractivity (Wildman–Crippen MR) is 72.5 cm³/mol. The van der Waals surface area contributed by atoms with Gasteiger partial charge in [-0.05, 0) is 38.3 Å². The van der Waals surface area contributed by atoms with Gasteiger partial charge in [0.05, 0.1) is 0 Å². The van der Waals surface area contributed by atoms with E-state index in [1.165, 1.54) is 0 Å². The summed E-state index contributed by atoms with van der Waals surface area (Å²) < 4.78 is 0. The molecule has 0 bridgehead atoms. The highest BCUT2D eigenvalue weighted by Gasteiger charge is 2.08. The normalized spacial score (nSPS) is 12.2. The number of nitrogens with zero attached hydrogens (tertiary/aromatic N) is 2. The molecule has 0 aliphatic heterocycles. The van der Waals surface area contributed by atoms with Gasteiger partial charge in [-0.2, -0.15) is 0 Å². The summed E-state index contributed by atoms with van der Waals surface area (Å²) >= 11 is 5.79. The average molecular weight is 271 g/mol. The number of hydrogen-bond acceptors (Lipinski definition) is 4. The van der Waals surface area contributed by atoms with Crippen LogP contribution in [0.1, 0.15) is 31.9 Å². The number of rotatable bonds is 6. The van der Waals surface area contributed by atoms with E-state index in [0.717, 1.165) is 18.5 Å². The van der Waals surface area contributed by atoms with Gasteiger partial charge in [0.25, 0.3) is 0 Å². The molecular formula is C12H19ClN4O. The van der Waals surface area contributed by atoms with Gasteiger partial charge in [-0.1, -0.05) is 18.5 Å². The van der Waals surface area contributed by atoms with E-state index in [2.05, 4.69) is 22.2 Å². The van der Waals surface area contributed by atoms with Gasteiger partial charge in [0.15, 0.2) is 0 Å². The summed E-state index contributed by atoms with van der Waals surface area (Å²) in [5, 5.41) is 2.97. The average Bonchev–Trinajstić information content (AvgIpc) is 2.25. The van der Waals surface area contributed by atoms with Crippen molar-refractivity contribution >= 4 is 23.5 Å². The molecule has 1 rings (SSSR count). The lowest BCUT2D eigenvalue weighted by Gasteiger charge is -2.09. The number of halogens is 1. The lowest BCUT2D eigenvalue weighted by atomic mass is 10.0. The summed E-state index contributed by atoms with van der Waals surface area (Å²) in [4.78, 5) is 19.7. The highest BCUT2D eigenvalue weighted by molar-refractivity contribution is 6.29. The minimum atomic E-state index is -0.0967. The van der Waals surface area contributed by atoms with Crippen molar-refractivity contribution in [2.24, 2.45) is 11.7 Å². The summed E-state index contributed by atoms with van der Waals surface area (Å²) in [7, 11) is 0. The molecule has 5 nitrogen and oxygen atoms in total. The van der Waals surface area contributed by atoms with Gasteiger partial charge in [-0.25, -0.2) is 9.97 Å². The first-order chi connectivity index (χ1) is 8.51. The number of aromatic nitrogens is 2. The van der Waals surface area contributed by atoms with Crippen LogP contribution in [0.25, 0.3) is 0 Å². The third-order valence-corrected chi connectivity index (χ3v) is 2.79. The SMILES string of the molecule is Cc1cc(Cl)nc(NC(=O)CCC(C)CCN)n1. The smallest absolute Gasteiger partial charge is 0.231 e. The quantitative estimate of drug-likeness (QED) is 0.776. The molecule has 1 unspecified atom stereocenters. The Morgan fingerprint density at radius 3 is 2.83 bits per heavy atom. The third-order valence-electron chi connectivity index (χ3n) is 2.60. The molecule has 0 radical (unpaired) electrons. The predicted octanol–water partition coefficient (Wildman–Crippen LogP) is 2.14. The fraction of sp³-hybridized carbons (Fsp3) is 0.583. The van der Waals surface area contributed by atoms with Crippen molar-refractivity contribution in [1.82, 2.24) is 9.97 Å². The van der Waals surface area contributed by atoms with Crippen LogP contribution in [0.5, 0.6) is 0 Å². The molecule has 0 aliphatic carbocycles. The molecule has 6 heteroatoms. The molecule has 0 fully saturated rings. The van der Waals surface area contributed by atoms with Crippen LogP contribution in [0.3, 0.4) is 0 Å². The molecular weight excluding hydrogens is 252 g/mol. The summed E-state index contributed by atoms with van der Waals surface area (Å²) in [6.45, 7) is 4.53. The van der Waals surface area contributed by atoms with E-state index in [-0.39, 0.29) is 11.9 Å². The van der Waals surface area contributed by atoms with Crippen LogP contribution < -0.4 is 11.1 Å². The molecule has 0 spiro atoms. The molecule has 0 aliphatic rings. The second kappa shape index (κ2) is 7.28. The Morgan fingerprint density at radius 1 is 1.50 bits per heavy atom. The Hall–Kier alpha value is -1.20. The van der Waals surface area contributed by atoms with Crippen molar-refractivity contribution in [2.75, 3.05) is 11.9 Å². The highest BCUT2D eigenvalue weighted by Crippen LogP contribution is 2.12. The molecule has 3 N–H and O–H groups in total. The largest absolute Gasteiger partial charge is 0.330 e. The number of hydrogen-bond donors (Lipinski definition) is 2. The molecule has 0 saturated heterocycles. The fourth-order valence-electron chi connectivity index (χ4n) is 1.58. The van der Waals surface area contributed by atoms with Crippen LogP contribution in [0, 0.1) is 12.8 Å². The minimum Gasteiger partial charge on any atom is -0.330 e. The van der Waals surface area contributed by atoms with E-state index in [0.29, 0.717) is 24.0 Å². The first-order valence-electron chi connectivity index (χ1n) is 6.02. The van der Waals surface area contributed by atoms with Crippen molar-refractivity contribution in [3.05, 3.63) is 16.9 Å². The maximum atomic E-state index is 11.7. The van der Waals surface area contributed by atoms with Crippen LogP contribution in [0.2, 0.25) is 5.15 Å². The maximum absolute atomic E-state index is 11.7. The van der Waals surface area contributed by atoms with Crippen molar-refractivity contribution in [1.29, 1.82) is 0 Å². The van der Waals surface area contributed by atoms with Gasteiger partial charge in [0.2, 0.25) is 11.9 Å². The Morgan fingerprint density at radius 2 is 2.22 bits per heavy atom. The zero-order chi connectivity index (χ0) is 13.5.